The van der Waals surface area contributed by atoms with Crippen molar-refractivity contribution in [1.29, 1.82) is 0 Å². The Balaban J connectivity index is 1.98. The number of halogens is 1. The summed E-state index contributed by atoms with van der Waals surface area (Å²) in [5.41, 5.74) is 1.55. The van der Waals surface area contributed by atoms with Gasteiger partial charge in [-0.3, -0.25) is 9.63 Å². The molecule has 32 heavy (non-hydrogen) atoms. The largest absolute Gasteiger partial charge is 0.465 e. The average Bonchev–Trinajstić information content (AvgIpc) is 3.32. The van der Waals surface area contributed by atoms with Gasteiger partial charge < -0.3 is 15.0 Å². The van der Waals surface area contributed by atoms with E-state index in [-0.39, 0.29) is 21.0 Å². The molecule has 1 saturated heterocycles. The summed E-state index contributed by atoms with van der Waals surface area (Å²) >= 11 is 6.08. The van der Waals surface area contributed by atoms with Crippen LogP contribution in [0, 0.1) is 0 Å². The van der Waals surface area contributed by atoms with Crippen molar-refractivity contribution in [3.8, 4) is 0 Å². The number of esters is 1. The summed E-state index contributed by atoms with van der Waals surface area (Å²) in [4.78, 5) is 31.7. The molecule has 1 amide bonds. The molecule has 9 nitrogen and oxygen atoms in total. The van der Waals surface area contributed by atoms with Crippen LogP contribution in [-0.4, -0.2) is 59.1 Å². The number of sulfonamides is 1. The first-order chi connectivity index (χ1) is 15.2. The number of carbonyl (C=O) groups excluding carboxylic acids is 2. The number of hydrogen-bond donors (Lipinski definition) is 1. The van der Waals surface area contributed by atoms with Crippen LogP contribution in [0.5, 0.6) is 0 Å². The lowest BCUT2D eigenvalue weighted by atomic mass is 10.1. The second-order valence-corrected chi connectivity index (χ2v) is 9.43. The van der Waals surface area contributed by atoms with E-state index in [1.54, 1.807) is 18.2 Å². The Hall–Kier alpha value is -2.66. The van der Waals surface area contributed by atoms with Gasteiger partial charge in [0.1, 0.15) is 4.90 Å². The van der Waals surface area contributed by atoms with E-state index in [0.29, 0.717) is 10.2 Å². The van der Waals surface area contributed by atoms with Crippen LogP contribution in [-0.2, 0) is 19.6 Å². The van der Waals surface area contributed by atoms with Crippen molar-refractivity contribution in [2.75, 3.05) is 44.6 Å². The van der Waals surface area contributed by atoms with Gasteiger partial charge in [0.25, 0.3) is 15.9 Å². The first kappa shape index (κ1) is 24.0. The monoisotopic (exact) mass is 481 g/mol. The van der Waals surface area contributed by atoms with Gasteiger partial charge in [-0.15, -0.1) is 0 Å². The van der Waals surface area contributed by atoms with Crippen molar-refractivity contribution in [2.24, 2.45) is 0 Å². The molecule has 0 spiro atoms. The Kier molecular flexibility index (Phi) is 7.40. The number of nitrogens with one attached hydrogen (secondary N) is 1. The van der Waals surface area contributed by atoms with Gasteiger partial charge in [0.2, 0.25) is 0 Å². The van der Waals surface area contributed by atoms with Crippen LogP contribution >= 0.6 is 11.6 Å². The number of anilines is 2. The number of ether oxygens (including phenoxy) is 1. The van der Waals surface area contributed by atoms with Crippen molar-refractivity contribution in [2.45, 2.75) is 17.7 Å². The van der Waals surface area contributed by atoms with Crippen LogP contribution in [0.3, 0.4) is 0 Å². The van der Waals surface area contributed by atoms with Crippen LogP contribution in [0.1, 0.15) is 33.6 Å². The predicted octanol–water partition coefficient (Wildman–Crippen LogP) is 3.16. The molecular formula is C21H24ClN3O6S. The van der Waals surface area contributed by atoms with Gasteiger partial charge in [-0.05, 0) is 49.2 Å². The van der Waals surface area contributed by atoms with Crippen LogP contribution < -0.4 is 10.2 Å². The van der Waals surface area contributed by atoms with Crippen LogP contribution in [0.25, 0.3) is 0 Å². The number of benzene rings is 2. The highest BCUT2D eigenvalue weighted by atomic mass is 35.5. The van der Waals surface area contributed by atoms with Crippen molar-refractivity contribution in [3.05, 3.63) is 52.5 Å². The molecule has 172 valence electrons. The van der Waals surface area contributed by atoms with Gasteiger partial charge in [0, 0.05) is 25.7 Å². The minimum atomic E-state index is -4.06. The lowest BCUT2D eigenvalue weighted by Gasteiger charge is -2.22. The molecule has 1 N–H and O–H groups in total. The second kappa shape index (κ2) is 9.86. The van der Waals surface area contributed by atoms with Crippen molar-refractivity contribution in [3.63, 3.8) is 0 Å². The maximum absolute atomic E-state index is 13.0. The first-order valence-electron chi connectivity index (χ1n) is 9.80. The van der Waals surface area contributed by atoms with Crippen molar-refractivity contribution >= 4 is 44.9 Å². The summed E-state index contributed by atoms with van der Waals surface area (Å²) in [6, 6.07) is 8.88. The molecule has 0 bridgehead atoms. The second-order valence-electron chi connectivity index (χ2n) is 7.11. The van der Waals surface area contributed by atoms with Crippen LogP contribution in [0.15, 0.2) is 41.3 Å². The summed E-state index contributed by atoms with van der Waals surface area (Å²) in [5, 5.41) is 2.75. The number of methoxy groups -OCH3 is 1. The zero-order chi connectivity index (χ0) is 23.5. The molecule has 2 aromatic carbocycles. The van der Waals surface area contributed by atoms with E-state index in [1.807, 2.05) is 0 Å². The van der Waals surface area contributed by atoms with Crippen molar-refractivity contribution < 1.29 is 27.6 Å². The summed E-state index contributed by atoms with van der Waals surface area (Å²) in [5.74, 6) is -1.09. The number of nitrogens with zero attached hydrogens (tertiary/aromatic N) is 2. The maximum atomic E-state index is 13.0. The Morgan fingerprint density at radius 2 is 1.72 bits per heavy atom. The predicted molar refractivity (Wildman–Crippen MR) is 121 cm³/mol. The maximum Gasteiger partial charge on any atom is 0.337 e. The van der Waals surface area contributed by atoms with E-state index in [4.69, 9.17) is 21.2 Å². The summed E-state index contributed by atoms with van der Waals surface area (Å²) in [6.45, 7) is 1.65. The highest BCUT2D eigenvalue weighted by Crippen LogP contribution is 2.31. The van der Waals surface area contributed by atoms with Crippen molar-refractivity contribution in [1.82, 2.24) is 4.47 Å². The third kappa shape index (κ3) is 4.88. The molecule has 3 rings (SSSR count). The molecule has 2 aromatic rings. The Morgan fingerprint density at radius 1 is 1.06 bits per heavy atom. The Labute approximate surface area is 191 Å². The summed E-state index contributed by atoms with van der Waals surface area (Å²) < 4.78 is 30.7. The third-order valence-electron chi connectivity index (χ3n) is 5.18. The molecular weight excluding hydrogens is 458 g/mol. The highest BCUT2D eigenvalue weighted by Gasteiger charge is 2.26. The number of carbonyl (C=O) groups is 2. The van der Waals surface area contributed by atoms with Gasteiger partial charge in [-0.1, -0.05) is 16.1 Å². The molecule has 1 fully saturated rings. The molecule has 0 radical (unpaired) electrons. The molecule has 0 saturated carbocycles. The molecule has 0 aromatic heterocycles. The Bertz CT molecular complexity index is 1130. The first-order valence-corrected chi connectivity index (χ1v) is 11.6. The number of hydroxylamine groups is 1. The summed E-state index contributed by atoms with van der Waals surface area (Å²) in [6.07, 6.45) is 2.05. The standard InChI is InChI=1S/C21H24ClN3O6S/c1-24(31-3)32(28,29)19-13-14(6-8-16(19)22)20(26)23-17-12-15(21(27)30-2)7-9-18(17)25-10-4-5-11-25/h6-9,12-13H,4-5,10-11H2,1-3H3,(H,23,26). The van der Waals surface area contributed by atoms with Gasteiger partial charge >= 0.3 is 5.97 Å². The summed E-state index contributed by atoms with van der Waals surface area (Å²) in [7, 11) is -0.356. The van der Waals surface area contributed by atoms with Gasteiger partial charge in [0.05, 0.1) is 36.2 Å². The van der Waals surface area contributed by atoms with E-state index in [9.17, 15) is 18.0 Å². The van der Waals surface area contributed by atoms with Crippen LogP contribution in [0.2, 0.25) is 5.02 Å². The number of amides is 1. The minimum Gasteiger partial charge on any atom is -0.465 e. The zero-order valence-electron chi connectivity index (χ0n) is 17.9. The molecule has 1 heterocycles. The normalized spacial score (nSPS) is 14.0. The topological polar surface area (TPSA) is 105 Å². The van der Waals surface area contributed by atoms with Gasteiger partial charge in [0.15, 0.2) is 0 Å². The van der Waals surface area contributed by atoms with E-state index >= 15 is 0 Å². The quantitative estimate of drug-likeness (QED) is 0.478. The van der Waals surface area contributed by atoms with Gasteiger partial charge in [-0.2, -0.15) is 0 Å². The molecule has 0 aliphatic carbocycles. The van der Waals surface area contributed by atoms with E-state index in [1.165, 1.54) is 39.5 Å². The average molecular weight is 482 g/mol. The molecule has 11 heteroatoms. The molecule has 0 unspecified atom stereocenters. The lowest BCUT2D eigenvalue weighted by molar-refractivity contribution is -0.0258. The van der Waals surface area contributed by atoms with Crippen LogP contribution in [0.4, 0.5) is 11.4 Å². The number of hydrogen-bond acceptors (Lipinski definition) is 7. The zero-order valence-corrected chi connectivity index (χ0v) is 19.5. The highest BCUT2D eigenvalue weighted by molar-refractivity contribution is 7.89. The minimum absolute atomic E-state index is 0.0455. The molecule has 0 atom stereocenters. The molecule has 1 aliphatic heterocycles. The van der Waals surface area contributed by atoms with E-state index in [2.05, 4.69) is 10.2 Å². The smallest absolute Gasteiger partial charge is 0.337 e. The fourth-order valence-electron chi connectivity index (χ4n) is 3.39. The fraction of sp³-hybridized carbons (Fsp3) is 0.333. The van der Waals surface area contributed by atoms with Gasteiger partial charge in [-0.25, -0.2) is 13.2 Å². The Morgan fingerprint density at radius 3 is 2.34 bits per heavy atom. The fourth-order valence-corrected chi connectivity index (χ4v) is 4.86. The third-order valence-corrected chi connectivity index (χ3v) is 7.34. The molecule has 1 aliphatic rings. The lowest BCUT2D eigenvalue weighted by Crippen LogP contribution is -2.26. The number of rotatable bonds is 7. The van der Waals surface area contributed by atoms with E-state index < -0.39 is 21.9 Å². The van der Waals surface area contributed by atoms with E-state index in [0.717, 1.165) is 31.6 Å². The SMILES string of the molecule is COC(=O)c1ccc(N2CCCC2)c(NC(=O)c2ccc(Cl)c(S(=O)(=O)N(C)OC)c2)c1.